The van der Waals surface area contributed by atoms with E-state index >= 15 is 0 Å². The van der Waals surface area contributed by atoms with Gasteiger partial charge < -0.3 is 14.0 Å². The number of rotatable bonds is 4. The maximum Gasteiger partial charge on any atom is 0.573 e. The van der Waals surface area contributed by atoms with Gasteiger partial charge in [-0.15, -0.1) is 13.2 Å². The molecule has 0 saturated carbocycles. The molecule has 1 heterocycles. The molecule has 0 N–H and O–H groups in total. The summed E-state index contributed by atoms with van der Waals surface area (Å²) < 4.78 is 51.6. The number of hydrogen-bond donors (Lipinski definition) is 0. The fourth-order valence-corrected chi connectivity index (χ4v) is 2.30. The molecule has 2 aromatic carbocycles. The quantitative estimate of drug-likeness (QED) is 0.626. The van der Waals surface area contributed by atoms with E-state index in [1.54, 1.807) is 6.07 Å². The third kappa shape index (κ3) is 3.95. The predicted octanol–water partition coefficient (Wildman–Crippen LogP) is 5.07. The summed E-state index contributed by atoms with van der Waals surface area (Å²) in [6, 6.07) is 10.6. The average Bonchev–Trinajstić information content (AvgIpc) is 2.87. The highest BCUT2D eigenvalue weighted by Crippen LogP contribution is 2.26. The van der Waals surface area contributed by atoms with Gasteiger partial charge in [0.25, 0.3) is 0 Å². The van der Waals surface area contributed by atoms with E-state index in [0.29, 0.717) is 17.0 Å². The van der Waals surface area contributed by atoms with Crippen molar-refractivity contribution in [3.63, 3.8) is 0 Å². The van der Waals surface area contributed by atoms with Gasteiger partial charge in [-0.25, -0.2) is 0 Å². The van der Waals surface area contributed by atoms with E-state index in [9.17, 15) is 13.2 Å². The normalized spacial score (nSPS) is 11.7. The van der Waals surface area contributed by atoms with Crippen LogP contribution in [0.1, 0.15) is 5.69 Å². The maximum absolute atomic E-state index is 12.1. The van der Waals surface area contributed by atoms with Gasteiger partial charge in [0.15, 0.2) is 5.58 Å². The second kappa shape index (κ2) is 6.11. The van der Waals surface area contributed by atoms with Gasteiger partial charge in [0.05, 0.1) is 0 Å². The average molecular weight is 388 g/mol. The number of nitrogens with zero attached hydrogens (tertiary/aromatic N) is 1. The van der Waals surface area contributed by atoms with Crippen LogP contribution in [0.4, 0.5) is 13.2 Å². The van der Waals surface area contributed by atoms with Gasteiger partial charge in [-0.05, 0) is 42.5 Å². The number of ether oxygens (including phenoxy) is 2. The molecule has 0 aliphatic heterocycles. The van der Waals surface area contributed by atoms with E-state index < -0.39 is 6.36 Å². The first-order valence-corrected chi connectivity index (χ1v) is 7.22. The van der Waals surface area contributed by atoms with Crippen LogP contribution in [0.15, 0.2) is 51.5 Å². The first-order valence-electron chi connectivity index (χ1n) is 6.43. The fourth-order valence-electron chi connectivity index (χ4n) is 1.96. The molecule has 120 valence electrons. The molecule has 0 saturated heterocycles. The minimum Gasteiger partial charge on any atom is -0.487 e. The van der Waals surface area contributed by atoms with Crippen molar-refractivity contribution in [1.82, 2.24) is 5.16 Å². The predicted molar refractivity (Wildman–Crippen MR) is 79.2 cm³/mol. The van der Waals surface area contributed by atoms with Gasteiger partial charge in [-0.3, -0.25) is 0 Å². The lowest BCUT2D eigenvalue weighted by molar-refractivity contribution is -0.274. The molecule has 23 heavy (non-hydrogen) atoms. The minimum absolute atomic E-state index is 0.133. The highest BCUT2D eigenvalue weighted by molar-refractivity contribution is 9.10. The van der Waals surface area contributed by atoms with Crippen molar-refractivity contribution in [3.8, 4) is 11.5 Å². The Morgan fingerprint density at radius 3 is 2.43 bits per heavy atom. The largest absolute Gasteiger partial charge is 0.573 e. The van der Waals surface area contributed by atoms with Crippen LogP contribution < -0.4 is 9.47 Å². The van der Waals surface area contributed by atoms with Crippen molar-refractivity contribution in [1.29, 1.82) is 0 Å². The number of aromatic nitrogens is 1. The zero-order chi connectivity index (χ0) is 16.4. The summed E-state index contributed by atoms with van der Waals surface area (Å²) in [5, 5.41) is 4.73. The molecule has 0 atom stereocenters. The monoisotopic (exact) mass is 387 g/mol. The van der Waals surface area contributed by atoms with E-state index in [0.717, 1.165) is 9.86 Å². The molecule has 0 unspecified atom stereocenters. The topological polar surface area (TPSA) is 44.5 Å². The van der Waals surface area contributed by atoms with Crippen molar-refractivity contribution in [2.24, 2.45) is 0 Å². The molecule has 4 nitrogen and oxygen atoms in total. The summed E-state index contributed by atoms with van der Waals surface area (Å²) in [6.07, 6.45) is -4.71. The molecule has 0 amide bonds. The molecule has 0 radical (unpaired) electrons. The van der Waals surface area contributed by atoms with Crippen LogP contribution in [-0.4, -0.2) is 11.5 Å². The molecule has 8 heteroatoms. The Morgan fingerprint density at radius 2 is 1.74 bits per heavy atom. The lowest BCUT2D eigenvalue weighted by Crippen LogP contribution is -2.16. The number of hydrogen-bond acceptors (Lipinski definition) is 4. The van der Waals surface area contributed by atoms with Crippen molar-refractivity contribution >= 4 is 26.9 Å². The Kier molecular flexibility index (Phi) is 4.16. The van der Waals surface area contributed by atoms with Crippen LogP contribution in [0.3, 0.4) is 0 Å². The minimum atomic E-state index is -4.71. The van der Waals surface area contributed by atoms with Gasteiger partial charge in [0.1, 0.15) is 23.8 Å². The summed E-state index contributed by atoms with van der Waals surface area (Å²) in [5.74, 6) is 0.0920. The SMILES string of the molecule is FC(F)(F)Oc1ccc(OCc2noc3cc(Br)ccc23)cc1. The molecule has 1 aromatic heterocycles. The highest BCUT2D eigenvalue weighted by atomic mass is 79.9. The van der Waals surface area contributed by atoms with Crippen LogP contribution in [0.25, 0.3) is 11.0 Å². The van der Waals surface area contributed by atoms with Crippen LogP contribution in [0.2, 0.25) is 0 Å². The Hall–Kier alpha value is -2.22. The van der Waals surface area contributed by atoms with Gasteiger partial charge in [-0.2, -0.15) is 0 Å². The Bertz CT molecular complexity index is 815. The van der Waals surface area contributed by atoms with Crippen molar-refractivity contribution < 1.29 is 27.2 Å². The molecule has 0 spiro atoms. The molecular weight excluding hydrogens is 379 g/mol. The molecule has 0 aliphatic rings. The molecule has 3 aromatic rings. The number of fused-ring (bicyclic) bond motifs is 1. The van der Waals surface area contributed by atoms with Crippen LogP contribution in [0, 0.1) is 0 Å². The van der Waals surface area contributed by atoms with Gasteiger partial charge in [0.2, 0.25) is 0 Å². The Labute approximate surface area is 136 Å². The summed E-state index contributed by atoms with van der Waals surface area (Å²) in [7, 11) is 0. The van der Waals surface area contributed by atoms with E-state index in [1.165, 1.54) is 24.3 Å². The summed E-state index contributed by atoms with van der Waals surface area (Å²) in [4.78, 5) is 0. The lowest BCUT2D eigenvalue weighted by Gasteiger charge is -2.09. The molecular formula is C15H9BrF3NO3. The zero-order valence-corrected chi connectivity index (χ0v) is 13.0. The first-order chi connectivity index (χ1) is 10.9. The van der Waals surface area contributed by atoms with Crippen molar-refractivity contribution in [3.05, 3.63) is 52.6 Å². The molecule has 0 fully saturated rings. The van der Waals surface area contributed by atoms with E-state index in [2.05, 4.69) is 25.8 Å². The lowest BCUT2D eigenvalue weighted by atomic mass is 10.2. The van der Waals surface area contributed by atoms with Gasteiger partial charge in [-0.1, -0.05) is 21.1 Å². The zero-order valence-electron chi connectivity index (χ0n) is 11.4. The first kappa shape index (κ1) is 15.7. The molecule has 0 aliphatic carbocycles. The summed E-state index contributed by atoms with van der Waals surface area (Å²) >= 11 is 3.33. The summed E-state index contributed by atoms with van der Waals surface area (Å²) in [6.45, 7) is 0.133. The van der Waals surface area contributed by atoms with E-state index in [-0.39, 0.29) is 12.4 Å². The van der Waals surface area contributed by atoms with E-state index in [4.69, 9.17) is 9.26 Å². The third-order valence-corrected chi connectivity index (χ3v) is 3.43. The van der Waals surface area contributed by atoms with Gasteiger partial charge >= 0.3 is 6.36 Å². The van der Waals surface area contributed by atoms with Crippen LogP contribution in [-0.2, 0) is 6.61 Å². The Morgan fingerprint density at radius 1 is 1.04 bits per heavy atom. The Balaban J connectivity index is 1.68. The number of halogens is 4. The second-order valence-corrected chi connectivity index (χ2v) is 5.49. The smallest absolute Gasteiger partial charge is 0.487 e. The molecule has 0 bridgehead atoms. The second-order valence-electron chi connectivity index (χ2n) is 4.58. The van der Waals surface area contributed by atoms with Crippen molar-refractivity contribution in [2.45, 2.75) is 13.0 Å². The maximum atomic E-state index is 12.1. The number of benzene rings is 2. The van der Waals surface area contributed by atoms with E-state index in [1.807, 2.05) is 12.1 Å². The van der Waals surface area contributed by atoms with Crippen LogP contribution in [0.5, 0.6) is 11.5 Å². The van der Waals surface area contributed by atoms with Gasteiger partial charge in [0, 0.05) is 9.86 Å². The van der Waals surface area contributed by atoms with Crippen LogP contribution >= 0.6 is 15.9 Å². The number of alkyl halides is 3. The summed E-state index contributed by atoms with van der Waals surface area (Å²) in [5.41, 5.74) is 1.22. The van der Waals surface area contributed by atoms with Crippen molar-refractivity contribution in [2.75, 3.05) is 0 Å². The standard InChI is InChI=1S/C15H9BrF3NO3/c16-9-1-6-12-13(20-23-14(12)7-9)8-21-10-2-4-11(5-3-10)22-15(17,18)19/h1-7H,8H2. The molecule has 3 rings (SSSR count). The third-order valence-electron chi connectivity index (χ3n) is 2.94. The fraction of sp³-hybridized carbons (Fsp3) is 0.133. The highest BCUT2D eigenvalue weighted by Gasteiger charge is 2.30.